The molecule has 1 aromatic rings. The third-order valence-corrected chi connectivity index (χ3v) is 4.65. The van der Waals surface area contributed by atoms with Crippen LogP contribution in [-0.4, -0.2) is 56.6 Å². The van der Waals surface area contributed by atoms with Gasteiger partial charge in [-0.15, -0.1) is 0 Å². The summed E-state index contributed by atoms with van der Waals surface area (Å²) in [6, 6.07) is 5.41. The number of amides is 1. The summed E-state index contributed by atoms with van der Waals surface area (Å²) < 4.78 is 22.2. The van der Waals surface area contributed by atoms with Crippen molar-refractivity contribution in [3.63, 3.8) is 0 Å². The lowest BCUT2D eigenvalue weighted by Gasteiger charge is -2.34. The second-order valence-electron chi connectivity index (χ2n) is 6.10. The zero-order valence-corrected chi connectivity index (χ0v) is 13.0. The molecule has 0 radical (unpaired) electrons. The van der Waals surface area contributed by atoms with Gasteiger partial charge in [0, 0.05) is 24.6 Å². The van der Waals surface area contributed by atoms with Crippen molar-refractivity contribution >= 4 is 5.91 Å². The minimum absolute atomic E-state index is 0.0497. The Kier molecular flexibility index (Phi) is 4.10. The molecular weight excluding hydrogens is 298 g/mol. The van der Waals surface area contributed by atoms with Crippen LogP contribution >= 0.6 is 0 Å². The maximum Gasteiger partial charge on any atom is 0.253 e. The fraction of sp³-hybridized carbons (Fsp3) is 0.588. The number of hydrogen-bond donors (Lipinski definition) is 0. The van der Waals surface area contributed by atoms with E-state index in [1.807, 2.05) is 17.0 Å². The number of hydrogen-bond acceptors (Lipinski definition) is 5. The maximum atomic E-state index is 12.7. The quantitative estimate of drug-likeness (QED) is 0.830. The Hall–Kier alpha value is -1.79. The van der Waals surface area contributed by atoms with Gasteiger partial charge in [0.2, 0.25) is 0 Å². The Morgan fingerprint density at radius 3 is 2.39 bits per heavy atom. The molecule has 0 bridgehead atoms. The average Bonchev–Trinajstić information content (AvgIpc) is 3.15. The number of fused-ring (bicyclic) bond motifs is 1. The van der Waals surface area contributed by atoms with Crippen molar-refractivity contribution in [2.24, 2.45) is 5.92 Å². The smallest absolute Gasteiger partial charge is 0.253 e. The fourth-order valence-corrected chi connectivity index (χ4v) is 3.38. The molecule has 0 N–H and O–H groups in total. The van der Waals surface area contributed by atoms with E-state index < -0.39 is 0 Å². The number of benzene rings is 1. The van der Waals surface area contributed by atoms with Gasteiger partial charge in [0.15, 0.2) is 17.8 Å². The minimum Gasteiger partial charge on any atom is -0.486 e. The number of carbonyl (C=O) groups is 1. The van der Waals surface area contributed by atoms with E-state index >= 15 is 0 Å². The first-order valence-corrected chi connectivity index (χ1v) is 8.23. The first-order chi connectivity index (χ1) is 11.3. The Bertz CT molecular complexity index is 576. The van der Waals surface area contributed by atoms with Crippen molar-refractivity contribution in [2.45, 2.75) is 19.1 Å². The topological polar surface area (TPSA) is 57.2 Å². The SMILES string of the molecule is O=C(c1ccc2c(c1)OCCO2)N1CCC(C2OCCO2)CC1. The third-order valence-electron chi connectivity index (χ3n) is 4.65. The summed E-state index contributed by atoms with van der Waals surface area (Å²) >= 11 is 0. The fourth-order valence-electron chi connectivity index (χ4n) is 3.38. The molecule has 0 saturated carbocycles. The predicted molar refractivity (Wildman–Crippen MR) is 81.8 cm³/mol. The molecular formula is C17H21NO5. The Morgan fingerprint density at radius 1 is 0.957 bits per heavy atom. The molecule has 6 nitrogen and oxygen atoms in total. The van der Waals surface area contributed by atoms with Gasteiger partial charge in [-0.25, -0.2) is 0 Å². The van der Waals surface area contributed by atoms with Gasteiger partial charge >= 0.3 is 0 Å². The number of nitrogens with zero attached hydrogens (tertiary/aromatic N) is 1. The van der Waals surface area contributed by atoms with Gasteiger partial charge in [0.25, 0.3) is 5.91 Å². The second kappa shape index (κ2) is 6.37. The van der Waals surface area contributed by atoms with Crippen LogP contribution in [0, 0.1) is 5.92 Å². The predicted octanol–water partition coefficient (Wildman–Crippen LogP) is 1.68. The van der Waals surface area contributed by atoms with E-state index in [0.717, 1.165) is 25.9 Å². The summed E-state index contributed by atoms with van der Waals surface area (Å²) in [7, 11) is 0. The Morgan fingerprint density at radius 2 is 1.65 bits per heavy atom. The van der Waals surface area contributed by atoms with Crippen molar-refractivity contribution in [2.75, 3.05) is 39.5 Å². The summed E-state index contributed by atoms with van der Waals surface area (Å²) in [5.41, 5.74) is 0.654. The van der Waals surface area contributed by atoms with E-state index in [1.165, 1.54) is 0 Å². The molecule has 3 aliphatic rings. The molecule has 23 heavy (non-hydrogen) atoms. The van der Waals surface area contributed by atoms with Gasteiger partial charge in [-0.3, -0.25) is 4.79 Å². The standard InChI is InChI=1S/C17H21NO5/c19-16(13-1-2-14-15(11-13)21-8-7-20-14)18-5-3-12(4-6-18)17-22-9-10-23-17/h1-2,11-12,17H,3-10H2. The molecule has 6 heteroatoms. The lowest BCUT2D eigenvalue weighted by molar-refractivity contribution is -0.0956. The molecule has 0 aliphatic carbocycles. The number of likely N-dealkylation sites (tertiary alicyclic amines) is 1. The van der Waals surface area contributed by atoms with Crippen molar-refractivity contribution in [1.82, 2.24) is 4.90 Å². The second-order valence-corrected chi connectivity index (χ2v) is 6.10. The van der Waals surface area contributed by atoms with Crippen LogP contribution in [0.2, 0.25) is 0 Å². The van der Waals surface area contributed by atoms with Gasteiger partial charge in [-0.1, -0.05) is 0 Å². The number of ether oxygens (including phenoxy) is 4. The Balaban J connectivity index is 1.40. The molecule has 0 aromatic heterocycles. The highest BCUT2D eigenvalue weighted by atomic mass is 16.7. The lowest BCUT2D eigenvalue weighted by Crippen LogP contribution is -2.41. The first kappa shape index (κ1) is 14.8. The van der Waals surface area contributed by atoms with Crippen LogP contribution in [0.15, 0.2) is 18.2 Å². The molecule has 124 valence electrons. The first-order valence-electron chi connectivity index (χ1n) is 8.23. The van der Waals surface area contributed by atoms with Crippen LogP contribution in [0.25, 0.3) is 0 Å². The van der Waals surface area contributed by atoms with Gasteiger partial charge < -0.3 is 23.8 Å². The zero-order valence-electron chi connectivity index (χ0n) is 13.0. The third kappa shape index (κ3) is 3.01. The zero-order chi connectivity index (χ0) is 15.6. The van der Waals surface area contributed by atoms with E-state index in [1.54, 1.807) is 6.07 Å². The summed E-state index contributed by atoms with van der Waals surface area (Å²) in [5.74, 6) is 1.81. The minimum atomic E-state index is -0.0819. The molecule has 0 atom stereocenters. The van der Waals surface area contributed by atoms with Gasteiger partial charge in [0.1, 0.15) is 13.2 Å². The van der Waals surface area contributed by atoms with Crippen LogP contribution in [0.1, 0.15) is 23.2 Å². The molecule has 2 saturated heterocycles. The number of piperidine rings is 1. The van der Waals surface area contributed by atoms with Crippen LogP contribution < -0.4 is 9.47 Å². The monoisotopic (exact) mass is 319 g/mol. The normalized spacial score (nSPS) is 22.3. The van der Waals surface area contributed by atoms with Gasteiger partial charge in [0.05, 0.1) is 13.2 Å². The lowest BCUT2D eigenvalue weighted by atomic mass is 9.95. The van der Waals surface area contributed by atoms with Crippen LogP contribution in [0.3, 0.4) is 0 Å². The number of rotatable bonds is 2. The molecule has 0 spiro atoms. The number of carbonyl (C=O) groups excluding carboxylic acids is 1. The van der Waals surface area contributed by atoms with Crippen LogP contribution in [0.5, 0.6) is 11.5 Å². The molecule has 3 heterocycles. The van der Waals surface area contributed by atoms with Crippen molar-refractivity contribution in [3.8, 4) is 11.5 Å². The summed E-state index contributed by atoms with van der Waals surface area (Å²) in [6.45, 7) is 3.92. The van der Waals surface area contributed by atoms with Crippen LogP contribution in [0.4, 0.5) is 0 Å². The highest BCUT2D eigenvalue weighted by Crippen LogP contribution is 2.32. The summed E-state index contributed by atoms with van der Waals surface area (Å²) in [5, 5.41) is 0. The van der Waals surface area contributed by atoms with Gasteiger partial charge in [-0.05, 0) is 31.0 Å². The molecule has 1 aromatic carbocycles. The highest BCUT2D eigenvalue weighted by molar-refractivity contribution is 5.95. The molecule has 3 aliphatic heterocycles. The highest BCUT2D eigenvalue weighted by Gasteiger charge is 2.32. The summed E-state index contributed by atoms with van der Waals surface area (Å²) in [6.07, 6.45) is 1.75. The molecule has 1 amide bonds. The van der Waals surface area contributed by atoms with E-state index in [-0.39, 0.29) is 12.2 Å². The van der Waals surface area contributed by atoms with E-state index in [9.17, 15) is 4.79 Å². The van der Waals surface area contributed by atoms with Crippen LogP contribution in [-0.2, 0) is 9.47 Å². The van der Waals surface area contributed by atoms with E-state index in [0.29, 0.717) is 49.4 Å². The van der Waals surface area contributed by atoms with Crippen molar-refractivity contribution in [1.29, 1.82) is 0 Å². The maximum absolute atomic E-state index is 12.7. The largest absolute Gasteiger partial charge is 0.486 e. The summed E-state index contributed by atoms with van der Waals surface area (Å²) in [4.78, 5) is 14.6. The van der Waals surface area contributed by atoms with E-state index in [2.05, 4.69) is 0 Å². The van der Waals surface area contributed by atoms with Crippen molar-refractivity contribution < 1.29 is 23.7 Å². The molecule has 2 fully saturated rings. The molecule has 0 unspecified atom stereocenters. The van der Waals surface area contributed by atoms with E-state index in [4.69, 9.17) is 18.9 Å². The Labute approximate surface area is 135 Å². The molecule has 4 rings (SSSR count). The van der Waals surface area contributed by atoms with Crippen molar-refractivity contribution in [3.05, 3.63) is 23.8 Å². The van der Waals surface area contributed by atoms with Gasteiger partial charge in [-0.2, -0.15) is 0 Å². The average molecular weight is 319 g/mol.